The Hall–Kier alpha value is -2.15. The lowest BCUT2D eigenvalue weighted by molar-refractivity contribution is -0.384. The Balaban J connectivity index is 2.40. The molecule has 1 aromatic rings. The number of benzene rings is 1. The molecule has 0 bridgehead atoms. The molecule has 2 atom stereocenters. The number of anilines is 1. The lowest BCUT2D eigenvalue weighted by atomic mass is 9.98. The predicted molar refractivity (Wildman–Crippen MR) is 75.6 cm³/mol. The van der Waals surface area contributed by atoms with Crippen LogP contribution in [0, 0.1) is 10.1 Å². The van der Waals surface area contributed by atoms with E-state index in [1.807, 2.05) is 11.8 Å². The summed E-state index contributed by atoms with van der Waals surface area (Å²) in [5.74, 6) is -0.673. The number of nitrogens with two attached hydrogens (primary N) is 2. The maximum atomic E-state index is 11.2. The van der Waals surface area contributed by atoms with E-state index in [1.165, 1.54) is 12.1 Å². The van der Waals surface area contributed by atoms with Crippen LogP contribution in [-0.4, -0.2) is 29.5 Å². The molecular formula is C13H18N4O3. The fourth-order valence-electron chi connectivity index (χ4n) is 2.63. The van der Waals surface area contributed by atoms with Crippen molar-refractivity contribution in [3.05, 3.63) is 33.9 Å². The Morgan fingerprint density at radius 1 is 1.50 bits per heavy atom. The standard InChI is InChI=1S/C13H18N4O3/c1-8-6-10(14)4-5-16(8)11-3-2-9(13(15)18)7-12(11)17(19)20/h2-3,7-8,10H,4-6,14H2,1H3,(H2,15,18). The van der Waals surface area contributed by atoms with E-state index in [2.05, 4.69) is 0 Å². The highest BCUT2D eigenvalue weighted by Gasteiger charge is 2.28. The molecular weight excluding hydrogens is 260 g/mol. The first-order valence-corrected chi connectivity index (χ1v) is 6.50. The van der Waals surface area contributed by atoms with Crippen molar-refractivity contribution in [3.8, 4) is 0 Å². The molecule has 0 aromatic heterocycles. The van der Waals surface area contributed by atoms with Crippen molar-refractivity contribution in [2.75, 3.05) is 11.4 Å². The van der Waals surface area contributed by atoms with Gasteiger partial charge in [-0.15, -0.1) is 0 Å². The van der Waals surface area contributed by atoms with Crippen LogP contribution in [0.4, 0.5) is 11.4 Å². The summed E-state index contributed by atoms with van der Waals surface area (Å²) in [5, 5.41) is 11.2. The molecule has 108 valence electrons. The van der Waals surface area contributed by atoms with E-state index < -0.39 is 10.8 Å². The van der Waals surface area contributed by atoms with Crippen molar-refractivity contribution in [3.63, 3.8) is 0 Å². The number of hydrogen-bond acceptors (Lipinski definition) is 5. The Kier molecular flexibility index (Phi) is 3.89. The second kappa shape index (κ2) is 5.46. The summed E-state index contributed by atoms with van der Waals surface area (Å²) in [7, 11) is 0. The van der Waals surface area contributed by atoms with Gasteiger partial charge in [0.05, 0.1) is 4.92 Å². The smallest absolute Gasteiger partial charge is 0.293 e. The van der Waals surface area contributed by atoms with Gasteiger partial charge in [-0.25, -0.2) is 0 Å². The third-order valence-electron chi connectivity index (χ3n) is 3.68. The number of hydrogen-bond donors (Lipinski definition) is 2. The van der Waals surface area contributed by atoms with Crippen LogP contribution in [0.3, 0.4) is 0 Å². The van der Waals surface area contributed by atoms with E-state index in [1.54, 1.807) is 6.07 Å². The second-order valence-corrected chi connectivity index (χ2v) is 5.15. The molecule has 20 heavy (non-hydrogen) atoms. The molecule has 0 saturated carbocycles. The SMILES string of the molecule is CC1CC(N)CCN1c1ccc(C(N)=O)cc1[N+](=O)[O-]. The van der Waals surface area contributed by atoms with Crippen LogP contribution in [0.25, 0.3) is 0 Å². The van der Waals surface area contributed by atoms with Crippen molar-refractivity contribution in [1.82, 2.24) is 0 Å². The van der Waals surface area contributed by atoms with E-state index in [0.717, 1.165) is 12.8 Å². The number of carbonyl (C=O) groups is 1. The Labute approximate surface area is 116 Å². The first-order valence-electron chi connectivity index (χ1n) is 6.50. The van der Waals surface area contributed by atoms with Crippen molar-refractivity contribution in [1.29, 1.82) is 0 Å². The van der Waals surface area contributed by atoms with Crippen molar-refractivity contribution in [2.45, 2.75) is 31.8 Å². The zero-order valence-corrected chi connectivity index (χ0v) is 11.3. The molecule has 2 rings (SSSR count). The van der Waals surface area contributed by atoms with Crippen LogP contribution in [0.2, 0.25) is 0 Å². The molecule has 7 nitrogen and oxygen atoms in total. The van der Waals surface area contributed by atoms with E-state index in [9.17, 15) is 14.9 Å². The first-order chi connectivity index (χ1) is 9.40. The summed E-state index contributed by atoms with van der Waals surface area (Å²) in [6.07, 6.45) is 1.58. The van der Waals surface area contributed by atoms with Crippen LogP contribution >= 0.6 is 0 Å². The Bertz CT molecular complexity index is 546. The molecule has 1 fully saturated rings. The quantitative estimate of drug-likeness (QED) is 0.632. The van der Waals surface area contributed by atoms with Gasteiger partial charge in [-0.3, -0.25) is 14.9 Å². The van der Waals surface area contributed by atoms with Crippen LogP contribution in [0.1, 0.15) is 30.1 Å². The number of amides is 1. The number of nitro groups is 1. The molecule has 1 aliphatic heterocycles. The highest BCUT2D eigenvalue weighted by atomic mass is 16.6. The topological polar surface area (TPSA) is 115 Å². The van der Waals surface area contributed by atoms with Gasteiger partial charge >= 0.3 is 0 Å². The van der Waals surface area contributed by atoms with Gasteiger partial charge in [0.15, 0.2) is 0 Å². The fourth-order valence-corrected chi connectivity index (χ4v) is 2.63. The molecule has 7 heteroatoms. The van der Waals surface area contributed by atoms with Crippen molar-refractivity contribution in [2.24, 2.45) is 11.5 Å². The van der Waals surface area contributed by atoms with E-state index in [0.29, 0.717) is 12.2 Å². The third-order valence-corrected chi connectivity index (χ3v) is 3.68. The molecule has 1 heterocycles. The van der Waals surface area contributed by atoms with Gasteiger partial charge in [0, 0.05) is 30.3 Å². The summed E-state index contributed by atoms with van der Waals surface area (Å²) in [4.78, 5) is 23.8. The third kappa shape index (κ3) is 2.72. The predicted octanol–water partition coefficient (Wildman–Crippen LogP) is 1.01. The minimum Gasteiger partial charge on any atom is -0.366 e. The number of rotatable bonds is 3. The number of piperidine rings is 1. The molecule has 4 N–H and O–H groups in total. The number of nitrogens with zero attached hydrogens (tertiary/aromatic N) is 2. The summed E-state index contributed by atoms with van der Waals surface area (Å²) < 4.78 is 0. The van der Waals surface area contributed by atoms with Crippen LogP contribution < -0.4 is 16.4 Å². The molecule has 1 aliphatic rings. The lowest BCUT2D eigenvalue weighted by Crippen LogP contribution is -2.45. The van der Waals surface area contributed by atoms with Gasteiger partial charge in [-0.05, 0) is 31.9 Å². The number of nitro benzene ring substituents is 1. The van der Waals surface area contributed by atoms with E-state index >= 15 is 0 Å². The summed E-state index contributed by atoms with van der Waals surface area (Å²) in [5.41, 5.74) is 11.6. The molecule has 0 spiro atoms. The molecule has 2 unspecified atom stereocenters. The summed E-state index contributed by atoms with van der Waals surface area (Å²) >= 11 is 0. The van der Waals surface area contributed by atoms with Gasteiger partial charge in [-0.2, -0.15) is 0 Å². The average Bonchev–Trinajstić information content (AvgIpc) is 2.38. The average molecular weight is 278 g/mol. The Morgan fingerprint density at radius 2 is 2.20 bits per heavy atom. The molecule has 1 saturated heterocycles. The zero-order chi connectivity index (χ0) is 14.9. The van der Waals surface area contributed by atoms with Gasteiger partial charge in [0.2, 0.25) is 5.91 Å². The second-order valence-electron chi connectivity index (χ2n) is 5.15. The highest BCUT2D eigenvalue weighted by molar-refractivity contribution is 5.94. The fraction of sp³-hybridized carbons (Fsp3) is 0.462. The van der Waals surface area contributed by atoms with Gasteiger partial charge < -0.3 is 16.4 Å². The highest BCUT2D eigenvalue weighted by Crippen LogP contribution is 2.33. The minimum atomic E-state index is -0.673. The van der Waals surface area contributed by atoms with Crippen LogP contribution in [0.15, 0.2) is 18.2 Å². The summed E-state index contributed by atoms with van der Waals surface area (Å²) in [6.45, 7) is 2.66. The summed E-state index contributed by atoms with van der Waals surface area (Å²) in [6, 6.07) is 4.60. The largest absolute Gasteiger partial charge is 0.366 e. The van der Waals surface area contributed by atoms with Crippen molar-refractivity contribution >= 4 is 17.3 Å². The van der Waals surface area contributed by atoms with E-state index in [4.69, 9.17) is 11.5 Å². The molecule has 1 aromatic carbocycles. The van der Waals surface area contributed by atoms with Gasteiger partial charge in [-0.1, -0.05) is 0 Å². The Morgan fingerprint density at radius 3 is 2.75 bits per heavy atom. The monoisotopic (exact) mass is 278 g/mol. The molecule has 1 amide bonds. The minimum absolute atomic E-state index is 0.0939. The van der Waals surface area contributed by atoms with Crippen molar-refractivity contribution < 1.29 is 9.72 Å². The number of carbonyl (C=O) groups excluding carboxylic acids is 1. The lowest BCUT2D eigenvalue weighted by Gasteiger charge is -2.37. The maximum absolute atomic E-state index is 11.2. The molecule has 0 aliphatic carbocycles. The van der Waals surface area contributed by atoms with E-state index in [-0.39, 0.29) is 23.3 Å². The zero-order valence-electron chi connectivity index (χ0n) is 11.3. The molecule has 0 radical (unpaired) electrons. The normalized spacial score (nSPS) is 22.6. The maximum Gasteiger partial charge on any atom is 0.293 e. The van der Waals surface area contributed by atoms with Gasteiger partial charge in [0.1, 0.15) is 5.69 Å². The van der Waals surface area contributed by atoms with Crippen LogP contribution in [0.5, 0.6) is 0 Å². The number of primary amides is 1. The van der Waals surface area contributed by atoms with Gasteiger partial charge in [0.25, 0.3) is 5.69 Å². The van der Waals surface area contributed by atoms with Crippen LogP contribution in [-0.2, 0) is 0 Å². The first kappa shape index (κ1) is 14.3.